The minimum atomic E-state index is 0.679. The van der Waals surface area contributed by atoms with Crippen molar-refractivity contribution < 1.29 is 9.47 Å². The van der Waals surface area contributed by atoms with Crippen molar-refractivity contribution >= 4 is 33.1 Å². The first kappa shape index (κ1) is 22.4. The first-order valence-electron chi connectivity index (χ1n) is 11.9. The Morgan fingerprint density at radius 2 is 1.70 bits per heavy atom. The van der Waals surface area contributed by atoms with E-state index in [0.29, 0.717) is 6.61 Å². The molecule has 33 heavy (non-hydrogen) atoms. The van der Waals surface area contributed by atoms with Crippen LogP contribution in [0.15, 0.2) is 24.3 Å². The van der Waals surface area contributed by atoms with Gasteiger partial charge < -0.3 is 19.3 Å². The van der Waals surface area contributed by atoms with Gasteiger partial charge in [0.25, 0.3) is 0 Å². The molecule has 0 unspecified atom stereocenters. The Labute approximate surface area is 199 Å². The Bertz CT molecular complexity index is 1100. The fourth-order valence-corrected chi connectivity index (χ4v) is 5.73. The van der Waals surface area contributed by atoms with Crippen molar-refractivity contribution in [3.05, 3.63) is 40.5 Å². The lowest BCUT2D eigenvalue weighted by atomic mass is 10.1. The fraction of sp³-hybridized carbons (Fsp3) is 0.520. The van der Waals surface area contributed by atoms with Crippen molar-refractivity contribution in [2.45, 2.75) is 27.3 Å². The van der Waals surface area contributed by atoms with E-state index >= 15 is 0 Å². The number of rotatable bonds is 6. The lowest BCUT2D eigenvalue weighted by Gasteiger charge is -2.37. The van der Waals surface area contributed by atoms with Gasteiger partial charge in [0.2, 0.25) is 0 Å². The van der Waals surface area contributed by atoms with Crippen molar-refractivity contribution in [3.8, 4) is 5.75 Å². The lowest BCUT2D eigenvalue weighted by molar-refractivity contribution is 0.0331. The third-order valence-corrected chi connectivity index (χ3v) is 7.71. The summed E-state index contributed by atoms with van der Waals surface area (Å²) in [7, 11) is 0. The summed E-state index contributed by atoms with van der Waals surface area (Å²) in [4.78, 5) is 19.8. The molecule has 2 aromatic heterocycles. The van der Waals surface area contributed by atoms with Gasteiger partial charge in [0.05, 0.1) is 37.4 Å². The predicted octanol–water partition coefficient (Wildman–Crippen LogP) is 3.87. The van der Waals surface area contributed by atoms with Crippen LogP contribution in [-0.2, 0) is 11.3 Å². The Morgan fingerprint density at radius 3 is 2.45 bits per heavy atom. The minimum absolute atomic E-state index is 0.679. The number of benzene rings is 1. The summed E-state index contributed by atoms with van der Waals surface area (Å²) in [5.74, 6) is 2.99. The third-order valence-electron chi connectivity index (χ3n) is 6.61. The van der Waals surface area contributed by atoms with E-state index in [-0.39, 0.29) is 0 Å². The second-order valence-corrected chi connectivity index (χ2v) is 9.89. The van der Waals surface area contributed by atoms with Gasteiger partial charge in [0, 0.05) is 44.1 Å². The minimum Gasteiger partial charge on any atom is -0.492 e. The van der Waals surface area contributed by atoms with Crippen molar-refractivity contribution in [1.82, 2.24) is 14.9 Å². The maximum absolute atomic E-state index is 5.88. The first-order valence-corrected chi connectivity index (χ1v) is 12.7. The maximum atomic E-state index is 5.88. The van der Waals surface area contributed by atoms with Gasteiger partial charge in [-0.15, -0.1) is 11.3 Å². The van der Waals surface area contributed by atoms with Crippen LogP contribution in [-0.4, -0.2) is 74.0 Å². The molecular weight excluding hydrogens is 434 g/mol. The van der Waals surface area contributed by atoms with E-state index in [1.807, 2.05) is 13.0 Å². The molecule has 2 saturated heterocycles. The van der Waals surface area contributed by atoms with E-state index in [2.05, 4.69) is 46.7 Å². The molecule has 7 nitrogen and oxygen atoms in total. The molecule has 8 heteroatoms. The fourth-order valence-electron chi connectivity index (χ4n) is 4.69. The largest absolute Gasteiger partial charge is 0.492 e. The molecule has 3 aromatic rings. The van der Waals surface area contributed by atoms with Gasteiger partial charge in [-0.3, -0.25) is 4.90 Å². The zero-order valence-corrected chi connectivity index (χ0v) is 20.7. The summed E-state index contributed by atoms with van der Waals surface area (Å²) in [5.41, 5.74) is 2.49. The normalized spacial score (nSPS) is 17.7. The number of aryl methyl sites for hydroxylation is 2. The van der Waals surface area contributed by atoms with Crippen LogP contribution in [0.2, 0.25) is 0 Å². The number of hydrogen-bond donors (Lipinski definition) is 0. The van der Waals surface area contributed by atoms with Crippen molar-refractivity contribution in [2.24, 2.45) is 0 Å². The van der Waals surface area contributed by atoms with Crippen LogP contribution in [0.3, 0.4) is 0 Å². The summed E-state index contributed by atoms with van der Waals surface area (Å²) < 4.78 is 11.4. The van der Waals surface area contributed by atoms with Crippen LogP contribution >= 0.6 is 11.3 Å². The van der Waals surface area contributed by atoms with E-state index in [4.69, 9.17) is 19.4 Å². The highest BCUT2D eigenvalue weighted by molar-refractivity contribution is 7.18. The van der Waals surface area contributed by atoms with Gasteiger partial charge in [-0.2, -0.15) is 0 Å². The highest BCUT2D eigenvalue weighted by Crippen LogP contribution is 2.36. The van der Waals surface area contributed by atoms with Gasteiger partial charge in [-0.25, -0.2) is 9.97 Å². The van der Waals surface area contributed by atoms with Crippen LogP contribution in [0.4, 0.5) is 11.5 Å². The Morgan fingerprint density at radius 1 is 0.970 bits per heavy atom. The highest BCUT2D eigenvalue weighted by Gasteiger charge is 2.25. The molecule has 4 heterocycles. The molecule has 176 valence electrons. The quantitative estimate of drug-likeness (QED) is 0.546. The second kappa shape index (κ2) is 9.83. The molecule has 2 fully saturated rings. The average Bonchev–Trinajstić information content (AvgIpc) is 3.13. The molecule has 1 aromatic carbocycles. The number of aromatic nitrogens is 2. The van der Waals surface area contributed by atoms with Crippen molar-refractivity contribution in [2.75, 3.05) is 68.9 Å². The molecule has 0 spiro atoms. The first-order chi connectivity index (χ1) is 16.1. The molecule has 0 saturated carbocycles. The topological polar surface area (TPSA) is 54.0 Å². The highest BCUT2D eigenvalue weighted by atomic mass is 32.1. The van der Waals surface area contributed by atoms with Crippen molar-refractivity contribution in [1.29, 1.82) is 0 Å². The molecule has 5 rings (SSSR count). The van der Waals surface area contributed by atoms with Crippen LogP contribution in [0.1, 0.15) is 23.2 Å². The molecule has 0 amide bonds. The number of anilines is 2. The van der Waals surface area contributed by atoms with Gasteiger partial charge in [0.1, 0.15) is 22.2 Å². The molecular formula is C25H33N5O2S. The molecule has 0 radical (unpaired) electrons. The van der Waals surface area contributed by atoms with Crippen LogP contribution in [0, 0.1) is 13.8 Å². The van der Waals surface area contributed by atoms with E-state index in [1.54, 1.807) is 11.3 Å². The Hall–Kier alpha value is -2.42. The van der Waals surface area contributed by atoms with Gasteiger partial charge in [-0.1, -0.05) is 12.1 Å². The van der Waals surface area contributed by atoms with Gasteiger partial charge in [0.15, 0.2) is 0 Å². The molecule has 0 N–H and O–H groups in total. The van der Waals surface area contributed by atoms with E-state index in [9.17, 15) is 0 Å². The van der Waals surface area contributed by atoms with Gasteiger partial charge >= 0.3 is 0 Å². The zero-order valence-electron chi connectivity index (χ0n) is 19.8. The van der Waals surface area contributed by atoms with Crippen LogP contribution in [0.5, 0.6) is 5.75 Å². The summed E-state index contributed by atoms with van der Waals surface area (Å²) in [5, 5.41) is 1.23. The Kier molecular flexibility index (Phi) is 6.66. The number of hydrogen-bond acceptors (Lipinski definition) is 8. The zero-order chi connectivity index (χ0) is 22.8. The molecule has 0 aliphatic carbocycles. The molecule has 0 atom stereocenters. The van der Waals surface area contributed by atoms with E-state index < -0.39 is 0 Å². The predicted molar refractivity (Wildman–Crippen MR) is 135 cm³/mol. The van der Waals surface area contributed by atoms with Crippen molar-refractivity contribution in [3.63, 3.8) is 0 Å². The SMILES string of the molecule is CCOc1ccccc1N1CCN(c2nc(CN3CCOCC3)nc3sc(C)c(C)c23)CC1. The van der Waals surface area contributed by atoms with E-state index in [1.165, 1.54) is 21.5 Å². The average molecular weight is 468 g/mol. The summed E-state index contributed by atoms with van der Waals surface area (Å²) in [6, 6.07) is 8.36. The molecule has 2 aliphatic heterocycles. The molecule has 0 bridgehead atoms. The number of nitrogens with zero attached hydrogens (tertiary/aromatic N) is 5. The summed E-state index contributed by atoms with van der Waals surface area (Å²) in [6.07, 6.45) is 0. The lowest BCUT2D eigenvalue weighted by Crippen LogP contribution is -2.47. The monoisotopic (exact) mass is 467 g/mol. The van der Waals surface area contributed by atoms with E-state index in [0.717, 1.165) is 81.2 Å². The second-order valence-electron chi connectivity index (χ2n) is 8.69. The van der Waals surface area contributed by atoms with Crippen LogP contribution < -0.4 is 14.5 Å². The standard InChI is InChI=1S/C25H33N5O2S/c1-4-32-21-8-6-5-7-20(21)29-9-11-30(12-10-29)24-23-18(2)19(3)33-25(23)27-22(26-24)17-28-13-15-31-16-14-28/h5-8H,4,9-17H2,1-3H3. The number of ether oxygens (including phenoxy) is 2. The maximum Gasteiger partial charge on any atom is 0.146 e. The number of para-hydroxylation sites is 2. The van der Waals surface area contributed by atoms with Gasteiger partial charge in [-0.05, 0) is 38.5 Å². The number of piperazine rings is 1. The third kappa shape index (κ3) is 4.65. The molecule has 2 aliphatic rings. The number of thiophene rings is 1. The van der Waals surface area contributed by atoms with Crippen LogP contribution in [0.25, 0.3) is 10.2 Å². The number of fused-ring (bicyclic) bond motifs is 1. The summed E-state index contributed by atoms with van der Waals surface area (Å²) in [6.45, 7) is 15.1. The summed E-state index contributed by atoms with van der Waals surface area (Å²) >= 11 is 1.79. The number of morpholine rings is 1. The Balaban J connectivity index is 1.40. The smallest absolute Gasteiger partial charge is 0.146 e.